The van der Waals surface area contributed by atoms with Gasteiger partial charge < -0.3 is 5.11 Å². The molecule has 1 aliphatic carbocycles. The third kappa shape index (κ3) is 4.20. The van der Waals surface area contributed by atoms with E-state index >= 15 is 0 Å². The molecule has 0 unspecified atom stereocenters. The molecule has 0 aliphatic heterocycles. The normalized spacial score (nSPS) is 16.9. The van der Waals surface area contributed by atoms with Crippen molar-refractivity contribution < 1.29 is 9.90 Å². The maximum Gasteiger partial charge on any atom is 0.336 e. The minimum absolute atomic E-state index is 0.108. The van der Waals surface area contributed by atoms with E-state index < -0.39 is 5.97 Å². The Balaban J connectivity index is 1.85. The quantitative estimate of drug-likeness (QED) is 0.510. The van der Waals surface area contributed by atoms with Crippen LogP contribution in [0, 0.1) is 0 Å². The van der Waals surface area contributed by atoms with Gasteiger partial charge in [0.05, 0.1) is 12.1 Å². The number of aromatic nitrogens is 2. The molecule has 1 N–H and O–H groups in total. The Bertz CT molecular complexity index is 1140. The second-order valence-corrected chi connectivity index (χ2v) is 9.79. The highest BCUT2D eigenvalue weighted by molar-refractivity contribution is 5.93. The summed E-state index contributed by atoms with van der Waals surface area (Å²) in [5.41, 5.74) is 6.35. The highest BCUT2D eigenvalue weighted by Crippen LogP contribution is 2.46. The zero-order valence-corrected chi connectivity index (χ0v) is 18.7. The van der Waals surface area contributed by atoms with Crippen LogP contribution in [-0.2, 0) is 17.4 Å². The van der Waals surface area contributed by atoms with E-state index in [0.29, 0.717) is 17.7 Å². The number of benzene rings is 2. The number of nitrogens with zero attached hydrogens (tertiary/aromatic N) is 2. The van der Waals surface area contributed by atoms with Gasteiger partial charge in [0.1, 0.15) is 0 Å². The van der Waals surface area contributed by atoms with Gasteiger partial charge in [0, 0.05) is 12.4 Å². The zero-order valence-electron chi connectivity index (χ0n) is 18.7. The van der Waals surface area contributed by atoms with Crippen molar-refractivity contribution in [2.75, 3.05) is 0 Å². The van der Waals surface area contributed by atoms with Gasteiger partial charge in [0.2, 0.25) is 0 Å². The summed E-state index contributed by atoms with van der Waals surface area (Å²) in [5, 5.41) is 13.9. The molecule has 2 aromatic carbocycles. The maximum atomic E-state index is 11.6. The van der Waals surface area contributed by atoms with Gasteiger partial charge in [-0.3, -0.25) is 4.68 Å². The lowest BCUT2D eigenvalue weighted by molar-refractivity contribution is 0.0696. The monoisotopic (exact) mass is 414 g/mol. The molecule has 1 aromatic heterocycles. The van der Waals surface area contributed by atoms with E-state index in [-0.39, 0.29) is 10.8 Å². The highest BCUT2D eigenvalue weighted by atomic mass is 16.4. The largest absolute Gasteiger partial charge is 0.478 e. The van der Waals surface area contributed by atoms with Crippen LogP contribution in [0.3, 0.4) is 0 Å². The first-order chi connectivity index (χ1) is 14.7. The van der Waals surface area contributed by atoms with E-state index in [4.69, 9.17) is 0 Å². The Kier molecular flexibility index (Phi) is 5.34. The molecular weight excluding hydrogens is 384 g/mol. The molecule has 160 valence electrons. The van der Waals surface area contributed by atoms with Gasteiger partial charge in [0.25, 0.3) is 0 Å². The predicted octanol–water partition coefficient (Wildman–Crippen LogP) is 6.15. The van der Waals surface area contributed by atoms with Crippen LogP contribution in [0.2, 0.25) is 0 Å². The molecule has 4 nitrogen and oxygen atoms in total. The summed E-state index contributed by atoms with van der Waals surface area (Å²) < 4.78 is 1.94. The van der Waals surface area contributed by atoms with Crippen LogP contribution in [0.15, 0.2) is 54.9 Å². The molecule has 0 saturated carbocycles. The molecule has 0 saturated heterocycles. The maximum absolute atomic E-state index is 11.6. The van der Waals surface area contributed by atoms with Gasteiger partial charge in [0.15, 0.2) is 0 Å². The van der Waals surface area contributed by atoms with Crippen LogP contribution >= 0.6 is 0 Å². The van der Waals surface area contributed by atoms with Crippen LogP contribution in [0.1, 0.15) is 78.7 Å². The fourth-order valence-corrected chi connectivity index (χ4v) is 4.55. The lowest BCUT2D eigenvalue weighted by Crippen LogP contribution is -2.34. The number of rotatable bonds is 5. The first kappa shape index (κ1) is 21.1. The number of carboxylic acids is 1. The Morgan fingerprint density at radius 1 is 1.00 bits per heavy atom. The SMILES string of the molecule is CC1(C)CCC(C)(C)c2cc(Cn3cccn3)c(/C=C/c3ccccc3C(=O)O)cc21. The van der Waals surface area contributed by atoms with Crippen molar-refractivity contribution in [1.29, 1.82) is 0 Å². The predicted molar refractivity (Wildman–Crippen MR) is 125 cm³/mol. The van der Waals surface area contributed by atoms with Crippen molar-refractivity contribution in [2.24, 2.45) is 0 Å². The summed E-state index contributed by atoms with van der Waals surface area (Å²) >= 11 is 0. The summed E-state index contributed by atoms with van der Waals surface area (Å²) in [7, 11) is 0. The van der Waals surface area contributed by atoms with E-state index in [1.807, 2.05) is 35.2 Å². The molecule has 4 rings (SSSR count). The third-order valence-electron chi connectivity index (χ3n) is 6.64. The van der Waals surface area contributed by atoms with E-state index in [0.717, 1.165) is 18.4 Å². The molecule has 0 radical (unpaired) electrons. The van der Waals surface area contributed by atoms with Crippen LogP contribution in [0.5, 0.6) is 0 Å². The van der Waals surface area contributed by atoms with Crippen molar-refractivity contribution in [3.8, 4) is 0 Å². The number of fused-ring (bicyclic) bond motifs is 1. The standard InChI is InChI=1S/C27H30N2O2/c1-26(2)12-13-27(3,4)24-17-21(18-29-15-7-14-28-29)20(16-23(24)26)11-10-19-8-5-6-9-22(19)25(30)31/h5-11,14-17H,12-13,18H2,1-4H3,(H,30,31)/b11-10+. The number of hydrogen-bond acceptors (Lipinski definition) is 2. The second kappa shape index (κ2) is 7.84. The Morgan fingerprint density at radius 3 is 2.29 bits per heavy atom. The average molecular weight is 415 g/mol. The number of aromatic carboxylic acids is 1. The van der Waals surface area contributed by atoms with Gasteiger partial charge in [-0.1, -0.05) is 70.2 Å². The van der Waals surface area contributed by atoms with Crippen molar-refractivity contribution >= 4 is 18.1 Å². The lowest BCUT2D eigenvalue weighted by atomic mass is 9.62. The van der Waals surface area contributed by atoms with Gasteiger partial charge in [-0.15, -0.1) is 0 Å². The number of carboxylic acid groups (broad SMARTS) is 1. The molecule has 1 heterocycles. The summed E-state index contributed by atoms with van der Waals surface area (Å²) in [4.78, 5) is 11.6. The lowest BCUT2D eigenvalue weighted by Gasteiger charge is -2.42. The van der Waals surface area contributed by atoms with E-state index in [1.165, 1.54) is 16.7 Å². The van der Waals surface area contributed by atoms with Gasteiger partial charge >= 0.3 is 5.97 Å². The summed E-state index contributed by atoms with van der Waals surface area (Å²) in [5.74, 6) is -0.912. The van der Waals surface area contributed by atoms with Crippen LogP contribution in [0.4, 0.5) is 0 Å². The van der Waals surface area contributed by atoms with E-state index in [9.17, 15) is 9.90 Å². The zero-order chi connectivity index (χ0) is 22.2. The van der Waals surface area contributed by atoms with E-state index in [2.05, 4.69) is 51.0 Å². The van der Waals surface area contributed by atoms with Crippen LogP contribution in [-0.4, -0.2) is 20.9 Å². The smallest absolute Gasteiger partial charge is 0.336 e. The van der Waals surface area contributed by atoms with Crippen molar-refractivity contribution in [3.05, 3.63) is 88.2 Å². The van der Waals surface area contributed by atoms with E-state index in [1.54, 1.807) is 18.3 Å². The molecule has 0 fully saturated rings. The summed E-state index contributed by atoms with van der Waals surface area (Å²) in [6.07, 6.45) is 10.1. The fourth-order valence-electron chi connectivity index (χ4n) is 4.55. The van der Waals surface area contributed by atoms with Gasteiger partial charge in [-0.05, 0) is 63.6 Å². The first-order valence-corrected chi connectivity index (χ1v) is 10.8. The van der Waals surface area contributed by atoms with Crippen molar-refractivity contribution in [1.82, 2.24) is 9.78 Å². The average Bonchev–Trinajstić information content (AvgIpc) is 3.23. The molecule has 0 bridgehead atoms. The highest BCUT2D eigenvalue weighted by Gasteiger charge is 2.37. The van der Waals surface area contributed by atoms with Crippen molar-refractivity contribution in [3.63, 3.8) is 0 Å². The minimum Gasteiger partial charge on any atom is -0.478 e. The first-order valence-electron chi connectivity index (χ1n) is 10.8. The van der Waals surface area contributed by atoms with Crippen molar-refractivity contribution in [2.45, 2.75) is 57.9 Å². The van der Waals surface area contributed by atoms with Crippen LogP contribution in [0.25, 0.3) is 12.2 Å². The Labute approximate surface area is 184 Å². The summed E-state index contributed by atoms with van der Waals surface area (Å²) in [6.45, 7) is 9.98. The molecule has 0 spiro atoms. The van der Waals surface area contributed by atoms with Gasteiger partial charge in [-0.25, -0.2) is 4.79 Å². The molecular formula is C27H30N2O2. The summed E-state index contributed by atoms with van der Waals surface area (Å²) in [6, 6.07) is 13.7. The minimum atomic E-state index is -0.912. The topological polar surface area (TPSA) is 55.1 Å². The molecule has 1 aliphatic rings. The fraction of sp³-hybridized carbons (Fsp3) is 0.333. The molecule has 3 aromatic rings. The third-order valence-corrected chi connectivity index (χ3v) is 6.64. The Morgan fingerprint density at radius 2 is 1.65 bits per heavy atom. The van der Waals surface area contributed by atoms with Gasteiger partial charge in [-0.2, -0.15) is 5.10 Å². The second-order valence-electron chi connectivity index (χ2n) is 9.79. The number of carbonyl (C=O) groups is 1. The molecule has 0 atom stereocenters. The molecule has 4 heteroatoms. The van der Waals surface area contributed by atoms with Crippen LogP contribution < -0.4 is 0 Å². The Hall–Kier alpha value is -3.14. The molecule has 0 amide bonds. The molecule has 31 heavy (non-hydrogen) atoms. The number of hydrogen-bond donors (Lipinski definition) is 1.